The third kappa shape index (κ3) is 32.2. The smallest absolute Gasteiger partial charge is 0.165 e. The number of aryl methyl sites for hydroxylation is 6. The molecule has 0 bridgehead atoms. The summed E-state index contributed by atoms with van der Waals surface area (Å²) in [5, 5.41) is 3.63. The third-order valence-corrected chi connectivity index (χ3v) is 22.0. The van der Waals surface area contributed by atoms with Crippen molar-refractivity contribution in [2.24, 2.45) is 0 Å². The highest BCUT2D eigenvalue weighted by Gasteiger charge is 2.17. The predicted octanol–water partition coefficient (Wildman–Crippen LogP) is 32.9. The second-order valence-corrected chi connectivity index (χ2v) is 32.2. The average molecular weight is 1890 g/mol. The molecule has 0 aliphatic rings. The fourth-order valence-corrected chi connectivity index (χ4v) is 15.6. The van der Waals surface area contributed by atoms with Crippen LogP contribution in [0.1, 0.15) is 76.1 Å². The Balaban J connectivity index is 0.000000147. The van der Waals surface area contributed by atoms with Crippen molar-refractivity contribution in [1.29, 1.82) is 0 Å². The van der Waals surface area contributed by atoms with Gasteiger partial charge in [-0.1, -0.05) is 454 Å². The van der Waals surface area contributed by atoms with Gasteiger partial charge in [0.1, 0.15) is 23.3 Å². The van der Waals surface area contributed by atoms with Gasteiger partial charge in [-0.05, 0) is 114 Å². The van der Waals surface area contributed by atoms with Crippen LogP contribution in [0.4, 0.5) is 0 Å². The first-order chi connectivity index (χ1) is 70.4. The van der Waals surface area contributed by atoms with Gasteiger partial charge in [-0.15, -0.1) is 11.3 Å². The van der Waals surface area contributed by atoms with Gasteiger partial charge in [-0.25, -0.2) is 64.8 Å². The Hall–Kier alpha value is -17.7. The summed E-state index contributed by atoms with van der Waals surface area (Å²) in [6.07, 6.45) is 3.56. The summed E-state index contributed by atoms with van der Waals surface area (Å²) in [6.45, 7) is 23.7. The largest absolute Gasteiger partial charge is 0.255 e. The third-order valence-electron chi connectivity index (χ3n) is 20.8. The van der Waals surface area contributed by atoms with Gasteiger partial charge in [0.15, 0.2) is 29.1 Å². The number of hydrogen-bond donors (Lipinski definition) is 0. The molecule has 0 radical (unpaired) electrons. The number of benzene rings is 14. The monoisotopic (exact) mass is 1880 g/mol. The van der Waals surface area contributed by atoms with Gasteiger partial charge in [-0.3, -0.25) is 9.97 Å². The van der Waals surface area contributed by atoms with Crippen molar-refractivity contribution < 1.29 is 0 Å². The van der Waals surface area contributed by atoms with Crippen LogP contribution in [0.15, 0.2) is 492 Å². The maximum Gasteiger partial charge on any atom is 0.165 e. The van der Waals surface area contributed by atoms with E-state index in [4.69, 9.17) is 4.98 Å². The van der Waals surface area contributed by atoms with Gasteiger partial charge in [-0.2, -0.15) is 0 Å². The quantitative estimate of drug-likeness (QED) is 0.119. The normalized spacial score (nSPS) is 9.96. The fraction of sp³-hybridized carbons (Fsp3) is 0.0945. The van der Waals surface area contributed by atoms with Gasteiger partial charge in [0.05, 0.1) is 51.1 Å². The molecule has 0 atom stereocenters. The summed E-state index contributed by atoms with van der Waals surface area (Å²) >= 11 is 1.79. The van der Waals surface area contributed by atoms with Gasteiger partial charge >= 0.3 is 0 Å². The summed E-state index contributed by atoms with van der Waals surface area (Å²) in [5.41, 5.74) is 20.1. The Kier molecular flexibility index (Phi) is 41.9. The summed E-state index contributed by atoms with van der Waals surface area (Å²) in [4.78, 5) is 67.9. The maximum atomic E-state index is 4.78. The average Bonchev–Trinajstić information content (AvgIpc) is 1.62. The second-order valence-electron chi connectivity index (χ2n) is 31.1. The van der Waals surface area contributed by atoms with E-state index >= 15 is 0 Å². The first kappa shape index (κ1) is 104. The molecule has 0 fully saturated rings. The molecular weight excluding hydrogens is 1770 g/mol. The van der Waals surface area contributed by atoms with Crippen molar-refractivity contribution >= 4 is 42.4 Å². The summed E-state index contributed by atoms with van der Waals surface area (Å²) in [7, 11) is 0. The number of thiophene rings is 1. The molecule has 0 unspecified atom stereocenters. The molecule has 14 aromatic carbocycles. The van der Waals surface area contributed by atoms with Gasteiger partial charge in [0, 0.05) is 93.7 Å². The van der Waals surface area contributed by atoms with E-state index in [0.717, 1.165) is 153 Å². The Morgan fingerprint density at radius 1 is 0.182 bits per heavy atom. The molecule has 23 rings (SSSR count). The van der Waals surface area contributed by atoms with Crippen LogP contribution in [0.25, 0.3) is 156 Å². The maximum absolute atomic E-state index is 4.78. The molecular formula is C127H117N15S. The van der Waals surface area contributed by atoms with E-state index in [9.17, 15) is 0 Å². The zero-order valence-electron chi connectivity index (χ0n) is 82.9. The van der Waals surface area contributed by atoms with E-state index in [2.05, 4.69) is 174 Å². The van der Waals surface area contributed by atoms with Gasteiger partial charge in [0.25, 0.3) is 0 Å². The number of aromatic nitrogens is 15. The van der Waals surface area contributed by atoms with E-state index in [1.54, 1.807) is 23.7 Å². The Morgan fingerprint density at radius 3 is 0.874 bits per heavy atom. The van der Waals surface area contributed by atoms with Crippen molar-refractivity contribution in [3.63, 3.8) is 0 Å². The molecule has 15 nitrogen and oxygen atoms in total. The molecule has 23 aromatic rings. The Labute approximate surface area is 845 Å². The van der Waals surface area contributed by atoms with Crippen molar-refractivity contribution in [3.05, 3.63) is 526 Å². The minimum Gasteiger partial charge on any atom is -0.255 e. The SMILES string of the molecule is CC.CC.CC.Cc1cc(-c2ccccc2)nc(-c2ccccc2)n1.Cc1cc(-c2ccccn2)nc(-c2ccccn2)c1.Cc1nc(-c2ccccc2)c2ccccc2n1.Cc1nc(-c2ccccc2)cc(-c2ccccc2)n1.Cc1nc(-c2ccccc2)nc(-c2cccc3c2sc2ccccc23)n1.Cc1nc(-c2ccccc2)nc(-c2ccccc2)n1.c1ccccc1.c1ccccc1.c1ccccc1. The van der Waals surface area contributed by atoms with Crippen LogP contribution in [0.5, 0.6) is 0 Å². The standard InChI is InChI=1S/C22H15N3S.2C17H14N2.2C16H13N3.C15H12N2.3C6H6.3C2H6/c1-14-23-21(15-8-3-2-4-9-15)25-22(24-14)18-12-7-11-17-16-10-5-6-13-19(16)26-20(17)18;1-13-18-16(14-8-4-2-5-9-14)12-17(19-13)15-10-6-3-7-11-15;1-13-12-16(14-8-4-2-5-9-14)19-17(18-13)15-10-6-3-7-11-15;1-12-10-15(13-6-2-4-8-17-13)19-16(11-12)14-7-3-5-9-18-14;1-12-17-15(13-8-4-2-5-9-13)19-16(18-12)14-10-6-3-7-11-14;1-11-16-14-10-6-5-9-13(14)15(17-11)12-7-3-2-4-8-12;3*1-2-4-6-5-3-1;3*1-2/h2-13H,1H3;2*2-12H,1H3;2*2-11H,1H3;2-10H,1H3;3*1-6H;3*1-2H3. The van der Waals surface area contributed by atoms with Gasteiger partial charge < -0.3 is 0 Å². The topological polar surface area (TPSA) is 193 Å². The summed E-state index contributed by atoms with van der Waals surface area (Å²) in [6, 6.07) is 160. The number of fused-ring (bicyclic) bond motifs is 4. The zero-order valence-corrected chi connectivity index (χ0v) is 83.7. The fourth-order valence-electron chi connectivity index (χ4n) is 14.4. The van der Waals surface area contributed by atoms with Crippen LogP contribution in [0.2, 0.25) is 0 Å². The van der Waals surface area contributed by atoms with Crippen molar-refractivity contribution in [1.82, 2.24) is 74.8 Å². The highest BCUT2D eigenvalue weighted by atomic mass is 32.1. The second kappa shape index (κ2) is 57.5. The van der Waals surface area contributed by atoms with E-state index in [1.807, 2.05) is 458 Å². The Bertz CT molecular complexity index is 6710. The van der Waals surface area contributed by atoms with E-state index in [0.29, 0.717) is 17.5 Å². The lowest BCUT2D eigenvalue weighted by Crippen LogP contribution is -1.99. The molecule has 143 heavy (non-hydrogen) atoms. The molecule has 0 N–H and O–H groups in total. The molecule has 0 saturated heterocycles. The number of pyridine rings is 3. The minimum atomic E-state index is 0.714. The molecule has 706 valence electrons. The first-order valence-electron chi connectivity index (χ1n) is 48.0. The number of nitrogens with zero attached hydrogens (tertiary/aromatic N) is 15. The lowest BCUT2D eigenvalue weighted by Gasteiger charge is -2.06. The van der Waals surface area contributed by atoms with Crippen LogP contribution in [0, 0.1) is 41.5 Å². The molecule has 16 heteroatoms. The Morgan fingerprint density at radius 2 is 0.483 bits per heavy atom. The number of rotatable bonds is 11. The van der Waals surface area contributed by atoms with Crippen LogP contribution in [-0.2, 0) is 0 Å². The summed E-state index contributed by atoms with van der Waals surface area (Å²) in [5.74, 6) is 6.71. The molecule has 0 amide bonds. The van der Waals surface area contributed by atoms with E-state index in [1.165, 1.54) is 20.2 Å². The minimum absolute atomic E-state index is 0.714. The van der Waals surface area contributed by atoms with Crippen LogP contribution >= 0.6 is 11.3 Å². The van der Waals surface area contributed by atoms with Crippen molar-refractivity contribution in [3.8, 4) is 125 Å². The zero-order chi connectivity index (χ0) is 100. The van der Waals surface area contributed by atoms with Gasteiger partial charge in [0.2, 0.25) is 0 Å². The molecule has 0 spiro atoms. The summed E-state index contributed by atoms with van der Waals surface area (Å²) < 4.78 is 2.50. The lowest BCUT2D eigenvalue weighted by atomic mass is 10.1. The van der Waals surface area contributed by atoms with Crippen LogP contribution in [0.3, 0.4) is 0 Å². The molecule has 9 heterocycles. The molecule has 0 saturated carbocycles. The molecule has 9 aromatic heterocycles. The van der Waals surface area contributed by atoms with E-state index < -0.39 is 0 Å². The number of para-hydroxylation sites is 1. The first-order valence-corrected chi connectivity index (χ1v) is 48.8. The predicted molar refractivity (Wildman–Crippen MR) is 598 cm³/mol. The lowest BCUT2D eigenvalue weighted by molar-refractivity contribution is 0.992. The van der Waals surface area contributed by atoms with Crippen LogP contribution in [-0.4, -0.2) is 74.8 Å². The van der Waals surface area contributed by atoms with E-state index in [-0.39, 0.29) is 0 Å². The molecule has 0 aliphatic heterocycles. The van der Waals surface area contributed by atoms with Crippen molar-refractivity contribution in [2.75, 3.05) is 0 Å². The highest BCUT2D eigenvalue weighted by Crippen LogP contribution is 2.40. The highest BCUT2D eigenvalue weighted by molar-refractivity contribution is 7.26. The van der Waals surface area contributed by atoms with Crippen molar-refractivity contribution in [2.45, 2.75) is 83.1 Å². The number of hydrogen-bond acceptors (Lipinski definition) is 16. The van der Waals surface area contributed by atoms with Crippen LogP contribution < -0.4 is 0 Å². The molecule has 0 aliphatic carbocycles.